The number of hydrogen-bond acceptors (Lipinski definition) is 6. The standard InChI is InChI=1S/C20H21Cl2N7O/c21-15-3-1-14(2-4-15)11-25-19(30)9-16-12-23-6-8-29(16)18-10-17(22)26-20(27-18)28-7-5-24-13-28/h1-5,7,10,13,16,23H,6,8-9,11-12H2,(H,25,30). The van der Waals surface area contributed by atoms with Gasteiger partial charge in [0.05, 0.1) is 6.04 Å². The maximum absolute atomic E-state index is 12.6. The minimum Gasteiger partial charge on any atom is -0.352 e. The average Bonchev–Trinajstić information content (AvgIpc) is 3.28. The van der Waals surface area contributed by atoms with Crippen LogP contribution < -0.4 is 15.5 Å². The molecule has 30 heavy (non-hydrogen) atoms. The molecule has 10 heteroatoms. The Kier molecular flexibility index (Phi) is 6.47. The van der Waals surface area contributed by atoms with Crippen LogP contribution in [0.4, 0.5) is 5.82 Å². The molecule has 1 saturated heterocycles. The normalized spacial score (nSPS) is 16.5. The zero-order valence-corrected chi connectivity index (χ0v) is 17.6. The Hall–Kier alpha value is -2.68. The topological polar surface area (TPSA) is 88.0 Å². The van der Waals surface area contributed by atoms with E-state index < -0.39 is 0 Å². The van der Waals surface area contributed by atoms with Gasteiger partial charge in [0.25, 0.3) is 0 Å². The predicted molar refractivity (Wildman–Crippen MR) is 116 cm³/mol. The SMILES string of the molecule is O=C(CC1CNCCN1c1cc(Cl)nc(-n2ccnc2)n1)NCc1ccc(Cl)cc1. The lowest BCUT2D eigenvalue weighted by atomic mass is 10.1. The van der Waals surface area contributed by atoms with Crippen molar-refractivity contribution in [2.75, 3.05) is 24.5 Å². The van der Waals surface area contributed by atoms with Gasteiger partial charge in [-0.1, -0.05) is 35.3 Å². The maximum Gasteiger partial charge on any atom is 0.238 e. The van der Waals surface area contributed by atoms with Crippen LogP contribution in [-0.2, 0) is 11.3 Å². The number of amides is 1. The number of aromatic nitrogens is 4. The molecular formula is C20H21Cl2N7O. The van der Waals surface area contributed by atoms with Crippen molar-refractivity contribution in [3.63, 3.8) is 0 Å². The van der Waals surface area contributed by atoms with E-state index in [0.29, 0.717) is 48.0 Å². The van der Waals surface area contributed by atoms with E-state index >= 15 is 0 Å². The molecule has 0 spiro atoms. The van der Waals surface area contributed by atoms with E-state index in [2.05, 4.69) is 30.5 Å². The van der Waals surface area contributed by atoms with Gasteiger partial charge in [-0.25, -0.2) is 9.97 Å². The zero-order chi connectivity index (χ0) is 20.9. The smallest absolute Gasteiger partial charge is 0.238 e. The maximum atomic E-state index is 12.6. The molecule has 1 aromatic carbocycles. The third-order valence-corrected chi connectivity index (χ3v) is 5.32. The number of nitrogens with zero attached hydrogens (tertiary/aromatic N) is 5. The number of hydrogen-bond donors (Lipinski definition) is 2. The summed E-state index contributed by atoms with van der Waals surface area (Å²) < 4.78 is 1.70. The van der Waals surface area contributed by atoms with Gasteiger partial charge >= 0.3 is 0 Å². The summed E-state index contributed by atoms with van der Waals surface area (Å²) in [5.74, 6) is 1.11. The fourth-order valence-electron chi connectivity index (χ4n) is 3.37. The number of imidazole rings is 1. The van der Waals surface area contributed by atoms with Crippen LogP contribution in [0.2, 0.25) is 10.2 Å². The molecule has 0 bridgehead atoms. The summed E-state index contributed by atoms with van der Waals surface area (Å²) in [7, 11) is 0. The highest BCUT2D eigenvalue weighted by atomic mass is 35.5. The Morgan fingerprint density at radius 2 is 2.07 bits per heavy atom. The number of anilines is 1. The van der Waals surface area contributed by atoms with E-state index in [0.717, 1.165) is 12.1 Å². The Balaban J connectivity index is 1.45. The first-order chi connectivity index (χ1) is 14.6. The van der Waals surface area contributed by atoms with Crippen molar-refractivity contribution < 1.29 is 4.79 Å². The van der Waals surface area contributed by atoms with Gasteiger partial charge in [0.1, 0.15) is 17.3 Å². The largest absolute Gasteiger partial charge is 0.352 e. The summed E-state index contributed by atoms with van der Waals surface area (Å²) in [5.41, 5.74) is 0.999. The van der Waals surface area contributed by atoms with Crippen LogP contribution in [0, 0.1) is 0 Å². The minimum atomic E-state index is -0.0504. The third-order valence-electron chi connectivity index (χ3n) is 4.87. The van der Waals surface area contributed by atoms with E-state index in [9.17, 15) is 4.79 Å². The quantitative estimate of drug-likeness (QED) is 0.566. The number of halogens is 2. The predicted octanol–water partition coefficient (Wildman–Crippen LogP) is 2.45. The fraction of sp³-hybridized carbons (Fsp3) is 0.300. The number of benzene rings is 1. The lowest BCUT2D eigenvalue weighted by Gasteiger charge is -2.37. The van der Waals surface area contributed by atoms with E-state index in [1.54, 1.807) is 29.4 Å². The highest BCUT2D eigenvalue weighted by molar-refractivity contribution is 6.30. The molecule has 0 radical (unpaired) electrons. The molecule has 0 aliphatic carbocycles. The van der Waals surface area contributed by atoms with Gasteiger partial charge in [-0.3, -0.25) is 9.36 Å². The molecule has 2 N–H and O–H groups in total. The van der Waals surface area contributed by atoms with Gasteiger partial charge in [-0.2, -0.15) is 4.98 Å². The van der Waals surface area contributed by atoms with Crippen LogP contribution in [-0.4, -0.2) is 51.1 Å². The molecule has 1 unspecified atom stereocenters. The monoisotopic (exact) mass is 445 g/mol. The van der Waals surface area contributed by atoms with Gasteiger partial charge in [0, 0.05) is 56.1 Å². The summed E-state index contributed by atoms with van der Waals surface area (Å²) in [6.07, 6.45) is 5.37. The van der Waals surface area contributed by atoms with Crippen molar-refractivity contribution in [1.82, 2.24) is 30.2 Å². The number of piperazine rings is 1. The molecule has 1 atom stereocenters. The first kappa shape index (κ1) is 20.6. The first-order valence-electron chi connectivity index (χ1n) is 9.60. The van der Waals surface area contributed by atoms with Crippen LogP contribution >= 0.6 is 23.2 Å². The van der Waals surface area contributed by atoms with Gasteiger partial charge in [-0.15, -0.1) is 0 Å². The van der Waals surface area contributed by atoms with Crippen molar-refractivity contribution in [1.29, 1.82) is 0 Å². The summed E-state index contributed by atoms with van der Waals surface area (Å²) in [5, 5.41) is 7.34. The second-order valence-corrected chi connectivity index (χ2v) is 7.80. The molecule has 1 aliphatic rings. The summed E-state index contributed by atoms with van der Waals surface area (Å²) in [6, 6.07) is 9.10. The lowest BCUT2D eigenvalue weighted by molar-refractivity contribution is -0.121. The molecule has 156 valence electrons. The van der Waals surface area contributed by atoms with E-state index in [1.165, 1.54) is 0 Å². The molecule has 3 aromatic rings. The lowest BCUT2D eigenvalue weighted by Crippen LogP contribution is -2.53. The molecular weight excluding hydrogens is 425 g/mol. The van der Waals surface area contributed by atoms with Crippen LogP contribution in [0.15, 0.2) is 49.1 Å². The van der Waals surface area contributed by atoms with Crippen LogP contribution in [0.3, 0.4) is 0 Å². The molecule has 2 aromatic heterocycles. The molecule has 8 nitrogen and oxygen atoms in total. The number of rotatable bonds is 6. The van der Waals surface area contributed by atoms with Crippen molar-refractivity contribution in [2.45, 2.75) is 19.0 Å². The molecule has 3 heterocycles. The van der Waals surface area contributed by atoms with E-state index in [-0.39, 0.29) is 11.9 Å². The third kappa shape index (κ3) is 5.08. The summed E-state index contributed by atoms with van der Waals surface area (Å²) in [6.45, 7) is 2.65. The van der Waals surface area contributed by atoms with Crippen molar-refractivity contribution >= 4 is 34.9 Å². The van der Waals surface area contributed by atoms with Crippen molar-refractivity contribution in [2.24, 2.45) is 0 Å². The van der Waals surface area contributed by atoms with E-state index in [1.807, 2.05) is 24.3 Å². The second kappa shape index (κ2) is 9.42. The highest BCUT2D eigenvalue weighted by Gasteiger charge is 2.26. The summed E-state index contributed by atoms with van der Waals surface area (Å²) in [4.78, 5) is 27.6. The molecule has 1 fully saturated rings. The van der Waals surface area contributed by atoms with Crippen molar-refractivity contribution in [3.8, 4) is 5.95 Å². The second-order valence-electron chi connectivity index (χ2n) is 6.98. The van der Waals surface area contributed by atoms with Crippen LogP contribution in [0.5, 0.6) is 0 Å². The Bertz CT molecular complexity index is 995. The first-order valence-corrected chi connectivity index (χ1v) is 10.4. The summed E-state index contributed by atoms with van der Waals surface area (Å²) >= 11 is 12.2. The Morgan fingerprint density at radius 3 is 2.83 bits per heavy atom. The van der Waals surface area contributed by atoms with Gasteiger partial charge in [0.2, 0.25) is 11.9 Å². The molecule has 0 saturated carbocycles. The molecule has 4 rings (SSSR count). The fourth-order valence-corrected chi connectivity index (χ4v) is 3.67. The van der Waals surface area contributed by atoms with Gasteiger partial charge in [-0.05, 0) is 17.7 Å². The number of carbonyl (C=O) groups is 1. The molecule has 1 amide bonds. The van der Waals surface area contributed by atoms with Crippen LogP contribution in [0.25, 0.3) is 5.95 Å². The van der Waals surface area contributed by atoms with Gasteiger partial charge in [0.15, 0.2) is 0 Å². The number of nitrogens with one attached hydrogen (secondary N) is 2. The molecule has 1 aliphatic heterocycles. The minimum absolute atomic E-state index is 0.0290. The Morgan fingerprint density at radius 1 is 1.23 bits per heavy atom. The van der Waals surface area contributed by atoms with Crippen LogP contribution in [0.1, 0.15) is 12.0 Å². The number of carbonyl (C=O) groups excluding carboxylic acids is 1. The van der Waals surface area contributed by atoms with Crippen molar-refractivity contribution in [3.05, 3.63) is 64.8 Å². The zero-order valence-electron chi connectivity index (χ0n) is 16.1. The van der Waals surface area contributed by atoms with E-state index in [4.69, 9.17) is 23.2 Å². The average molecular weight is 446 g/mol. The Labute approximate surface area is 184 Å². The highest BCUT2D eigenvalue weighted by Crippen LogP contribution is 2.22. The van der Waals surface area contributed by atoms with Gasteiger partial charge < -0.3 is 15.5 Å².